The van der Waals surface area contributed by atoms with Gasteiger partial charge in [0, 0.05) is 18.0 Å². The van der Waals surface area contributed by atoms with E-state index in [0.29, 0.717) is 18.4 Å². The van der Waals surface area contributed by atoms with Crippen LogP contribution in [0.2, 0.25) is 0 Å². The minimum atomic E-state index is -0.254. The predicted octanol–water partition coefficient (Wildman–Crippen LogP) is 2.76. The van der Waals surface area contributed by atoms with Gasteiger partial charge >= 0.3 is 0 Å². The van der Waals surface area contributed by atoms with Gasteiger partial charge < -0.3 is 15.4 Å². The number of rotatable bonds is 3. The molecule has 4 aliphatic rings. The lowest BCUT2D eigenvalue weighted by atomic mass is 9.88. The first kappa shape index (κ1) is 17.8. The molecule has 2 heterocycles. The van der Waals surface area contributed by atoms with E-state index in [0.717, 1.165) is 67.8 Å². The molecule has 1 aromatic heterocycles. The fourth-order valence-corrected chi connectivity index (χ4v) is 5.30. The summed E-state index contributed by atoms with van der Waals surface area (Å²) in [5.41, 5.74) is 2.58. The minimum absolute atomic E-state index is 0.128. The molecule has 1 aliphatic heterocycles. The Morgan fingerprint density at radius 1 is 1.33 bits per heavy atom. The van der Waals surface area contributed by atoms with E-state index in [1.807, 2.05) is 23.0 Å². The van der Waals surface area contributed by atoms with Crippen LogP contribution < -0.4 is 15.4 Å². The molecule has 3 aliphatic carbocycles. The van der Waals surface area contributed by atoms with Gasteiger partial charge in [-0.2, -0.15) is 0 Å². The molecule has 1 amide bonds. The number of nitrogens with zero attached hydrogens (tertiary/aromatic N) is 3. The maximum Gasteiger partial charge on any atom is 0.296 e. The Labute approximate surface area is 175 Å². The molecule has 3 saturated carbocycles. The van der Waals surface area contributed by atoms with Crippen molar-refractivity contribution in [2.45, 2.75) is 50.1 Å². The number of nitrogens with one attached hydrogen (secondary N) is 2. The van der Waals surface area contributed by atoms with Gasteiger partial charge in [0.2, 0.25) is 0 Å². The van der Waals surface area contributed by atoms with Gasteiger partial charge in [0.1, 0.15) is 18.1 Å². The fraction of sp³-hybridized carbons (Fsp3) is 0.522. The van der Waals surface area contributed by atoms with Gasteiger partial charge in [0.25, 0.3) is 5.91 Å². The summed E-state index contributed by atoms with van der Waals surface area (Å²) in [6, 6.07) is 6.19. The summed E-state index contributed by atoms with van der Waals surface area (Å²) >= 11 is 0. The van der Waals surface area contributed by atoms with Crippen molar-refractivity contribution in [2.24, 2.45) is 11.8 Å². The van der Waals surface area contributed by atoms with Crippen molar-refractivity contribution in [3.63, 3.8) is 0 Å². The molecule has 2 N–H and O–H groups in total. The zero-order valence-electron chi connectivity index (χ0n) is 16.9. The standard InChI is InChI=1S/C23H25N5O2/c29-22(6-3-15-1-2-15)25-23-8-7-16(13-23)11-21(23)28-14-19(26-27-28)17-4-5-20-18(12-17)24-9-10-30-20/h4-5,12,14-16,21,24H,1-2,7-11,13H2,(H,25,29)/t16-,21+,23+/m1/s1. The van der Waals surface area contributed by atoms with Crippen molar-refractivity contribution in [2.75, 3.05) is 18.5 Å². The second-order valence-electron chi connectivity index (χ2n) is 9.08. The average Bonchev–Trinajstić information content (AvgIpc) is 3.17. The SMILES string of the molecule is O=C(C#CC1CC1)N[C@]12CC[C@H](C[C@@H]1n1cc(-c3ccc4c(c3)NCCO4)nn1)C2. The Kier molecular flexibility index (Phi) is 4.02. The number of aromatic nitrogens is 3. The number of benzene rings is 1. The summed E-state index contributed by atoms with van der Waals surface area (Å²) in [4.78, 5) is 12.5. The zero-order chi connectivity index (χ0) is 20.1. The summed E-state index contributed by atoms with van der Waals surface area (Å²) in [7, 11) is 0. The molecule has 0 spiro atoms. The van der Waals surface area contributed by atoms with Crippen molar-refractivity contribution >= 4 is 11.6 Å². The Morgan fingerprint density at radius 3 is 3.13 bits per heavy atom. The molecule has 7 heteroatoms. The lowest BCUT2D eigenvalue weighted by Crippen LogP contribution is -2.50. The minimum Gasteiger partial charge on any atom is -0.490 e. The first-order chi connectivity index (χ1) is 14.7. The van der Waals surface area contributed by atoms with Gasteiger partial charge in [-0.1, -0.05) is 11.1 Å². The van der Waals surface area contributed by atoms with Crippen molar-refractivity contribution < 1.29 is 9.53 Å². The highest BCUT2D eigenvalue weighted by molar-refractivity contribution is 5.94. The molecule has 154 valence electrons. The quantitative estimate of drug-likeness (QED) is 0.771. The van der Waals surface area contributed by atoms with Gasteiger partial charge in [-0.05, 0) is 68.6 Å². The van der Waals surface area contributed by atoms with Gasteiger partial charge in [-0.15, -0.1) is 5.10 Å². The lowest BCUT2D eigenvalue weighted by Gasteiger charge is -2.35. The van der Waals surface area contributed by atoms with Crippen molar-refractivity contribution in [1.29, 1.82) is 0 Å². The Balaban J connectivity index is 1.25. The molecule has 0 radical (unpaired) electrons. The number of hydrogen-bond donors (Lipinski definition) is 2. The van der Waals surface area contributed by atoms with Crippen molar-refractivity contribution in [3.8, 4) is 28.8 Å². The third-order valence-electron chi connectivity index (χ3n) is 6.96. The second-order valence-corrected chi connectivity index (χ2v) is 9.08. The summed E-state index contributed by atoms with van der Waals surface area (Å²) < 4.78 is 7.63. The van der Waals surface area contributed by atoms with E-state index in [2.05, 4.69) is 38.9 Å². The highest BCUT2D eigenvalue weighted by Crippen LogP contribution is 2.53. The molecule has 2 aromatic rings. The Bertz CT molecular complexity index is 1060. The number of amides is 1. The number of anilines is 1. The molecule has 3 atom stereocenters. The van der Waals surface area contributed by atoms with Crippen LogP contribution in [-0.2, 0) is 4.79 Å². The third-order valence-corrected chi connectivity index (χ3v) is 6.96. The summed E-state index contributed by atoms with van der Waals surface area (Å²) in [6.45, 7) is 1.49. The molecule has 1 aromatic carbocycles. The van der Waals surface area contributed by atoms with E-state index >= 15 is 0 Å². The molecular formula is C23H25N5O2. The number of ether oxygens (including phenoxy) is 1. The van der Waals surface area contributed by atoms with Crippen LogP contribution in [0.3, 0.4) is 0 Å². The molecule has 2 bridgehead atoms. The molecule has 7 nitrogen and oxygen atoms in total. The largest absolute Gasteiger partial charge is 0.490 e. The fourth-order valence-electron chi connectivity index (χ4n) is 5.30. The van der Waals surface area contributed by atoms with E-state index in [1.165, 1.54) is 0 Å². The van der Waals surface area contributed by atoms with Crippen LogP contribution in [0.4, 0.5) is 5.69 Å². The van der Waals surface area contributed by atoms with E-state index in [4.69, 9.17) is 4.74 Å². The number of hydrogen-bond acceptors (Lipinski definition) is 5. The first-order valence-corrected chi connectivity index (χ1v) is 11.0. The third kappa shape index (κ3) is 3.11. The zero-order valence-corrected chi connectivity index (χ0v) is 16.9. The van der Waals surface area contributed by atoms with Crippen LogP contribution in [0.5, 0.6) is 5.75 Å². The predicted molar refractivity (Wildman–Crippen MR) is 112 cm³/mol. The van der Waals surface area contributed by atoms with Crippen LogP contribution in [0.15, 0.2) is 24.4 Å². The number of fused-ring (bicyclic) bond motifs is 3. The summed E-state index contributed by atoms with van der Waals surface area (Å²) in [6.07, 6.45) is 8.44. The molecule has 0 unspecified atom stereocenters. The maximum atomic E-state index is 12.5. The first-order valence-electron chi connectivity index (χ1n) is 11.0. The monoisotopic (exact) mass is 403 g/mol. The Morgan fingerprint density at radius 2 is 2.27 bits per heavy atom. The second kappa shape index (κ2) is 6.76. The van der Waals surface area contributed by atoms with Crippen molar-refractivity contribution in [3.05, 3.63) is 24.4 Å². The molecular weight excluding hydrogens is 378 g/mol. The van der Waals surface area contributed by atoms with Crippen LogP contribution in [0, 0.1) is 23.7 Å². The van der Waals surface area contributed by atoms with Crippen LogP contribution in [-0.4, -0.2) is 39.6 Å². The molecule has 6 rings (SSSR count). The van der Waals surface area contributed by atoms with Crippen LogP contribution >= 0.6 is 0 Å². The average molecular weight is 403 g/mol. The highest BCUT2D eigenvalue weighted by Gasteiger charge is 2.54. The van der Waals surface area contributed by atoms with Gasteiger partial charge in [0.15, 0.2) is 0 Å². The molecule has 0 saturated heterocycles. The van der Waals surface area contributed by atoms with Gasteiger partial charge in [-0.3, -0.25) is 4.79 Å². The summed E-state index contributed by atoms with van der Waals surface area (Å²) in [5.74, 6) is 7.68. The molecule has 30 heavy (non-hydrogen) atoms. The van der Waals surface area contributed by atoms with Crippen LogP contribution in [0.1, 0.15) is 44.6 Å². The van der Waals surface area contributed by atoms with Crippen LogP contribution in [0.25, 0.3) is 11.3 Å². The Hall–Kier alpha value is -3.01. The smallest absolute Gasteiger partial charge is 0.296 e. The van der Waals surface area contributed by atoms with E-state index < -0.39 is 0 Å². The van der Waals surface area contributed by atoms with E-state index in [9.17, 15) is 4.79 Å². The lowest BCUT2D eigenvalue weighted by molar-refractivity contribution is -0.118. The summed E-state index contributed by atoms with van der Waals surface area (Å²) in [5, 5.41) is 15.6. The number of carbonyl (C=O) groups excluding carboxylic acids is 1. The van der Waals surface area contributed by atoms with Gasteiger partial charge in [0.05, 0.1) is 23.5 Å². The maximum absolute atomic E-state index is 12.5. The number of carbonyl (C=O) groups is 1. The van der Waals surface area contributed by atoms with Crippen molar-refractivity contribution in [1.82, 2.24) is 20.3 Å². The topological polar surface area (TPSA) is 81.1 Å². The molecule has 3 fully saturated rings. The normalized spacial score (nSPS) is 28.7. The van der Waals surface area contributed by atoms with E-state index in [-0.39, 0.29) is 17.5 Å². The van der Waals surface area contributed by atoms with E-state index in [1.54, 1.807) is 0 Å². The van der Waals surface area contributed by atoms with Gasteiger partial charge in [-0.25, -0.2) is 4.68 Å². The highest BCUT2D eigenvalue weighted by atomic mass is 16.5.